The molecule has 4 rings (SSSR count). The number of benzene rings is 1. The van der Waals surface area contributed by atoms with Crippen LogP contribution in [0.4, 0.5) is 10.2 Å². The number of hydrogen-bond donors (Lipinski definition) is 1. The maximum atomic E-state index is 13.7. The van der Waals surface area contributed by atoms with Gasteiger partial charge in [0.25, 0.3) is 0 Å². The monoisotopic (exact) mass is 503 g/mol. The smallest absolute Gasteiger partial charge is 0.227 e. The predicted octanol–water partition coefficient (Wildman–Crippen LogP) is 3.63. The SMILES string of the molecule is C[C@@H]1CCc2ncnc(N3CCN(C(=O)[C@H](CN)Cc4ccc(Cl)c(F)c4)CC3)c21.Cl.Cl. The molecule has 0 saturated carbocycles. The van der Waals surface area contributed by atoms with E-state index in [9.17, 15) is 9.18 Å². The first kappa shape index (κ1) is 26.6. The summed E-state index contributed by atoms with van der Waals surface area (Å²) in [5.41, 5.74) is 9.05. The third-order valence-electron chi connectivity index (χ3n) is 6.24. The molecule has 0 radical (unpaired) electrons. The topological polar surface area (TPSA) is 75.4 Å². The molecule has 1 fully saturated rings. The summed E-state index contributed by atoms with van der Waals surface area (Å²) < 4.78 is 13.7. The van der Waals surface area contributed by atoms with Crippen molar-refractivity contribution in [2.24, 2.45) is 11.7 Å². The van der Waals surface area contributed by atoms with Crippen molar-refractivity contribution in [1.29, 1.82) is 0 Å². The lowest BCUT2D eigenvalue weighted by atomic mass is 9.97. The lowest BCUT2D eigenvalue weighted by Gasteiger charge is -2.37. The zero-order valence-corrected chi connectivity index (χ0v) is 20.4. The molecule has 1 aromatic carbocycles. The highest BCUT2D eigenvalue weighted by Crippen LogP contribution is 2.37. The number of nitrogens with two attached hydrogens (primary N) is 1. The van der Waals surface area contributed by atoms with Crippen LogP contribution in [0.3, 0.4) is 0 Å². The quantitative estimate of drug-likeness (QED) is 0.673. The number of hydrogen-bond acceptors (Lipinski definition) is 5. The maximum Gasteiger partial charge on any atom is 0.227 e. The Morgan fingerprint density at radius 2 is 1.97 bits per heavy atom. The van der Waals surface area contributed by atoms with Crippen molar-refractivity contribution < 1.29 is 9.18 Å². The average Bonchev–Trinajstić information content (AvgIpc) is 3.15. The van der Waals surface area contributed by atoms with E-state index in [1.807, 2.05) is 4.90 Å². The summed E-state index contributed by atoms with van der Waals surface area (Å²) in [5, 5.41) is 0.0796. The fourth-order valence-electron chi connectivity index (χ4n) is 4.49. The molecule has 0 bridgehead atoms. The van der Waals surface area contributed by atoms with Crippen LogP contribution in [0.25, 0.3) is 0 Å². The summed E-state index contributed by atoms with van der Waals surface area (Å²) in [6.07, 6.45) is 4.18. The van der Waals surface area contributed by atoms with Crippen LogP contribution in [-0.2, 0) is 17.6 Å². The number of anilines is 1. The Morgan fingerprint density at radius 3 is 2.62 bits per heavy atom. The molecule has 1 amide bonds. The Kier molecular flexibility index (Phi) is 9.52. The minimum atomic E-state index is -0.474. The molecular formula is C22H29Cl3FN5O. The molecule has 176 valence electrons. The molecule has 6 nitrogen and oxygen atoms in total. The van der Waals surface area contributed by atoms with Crippen LogP contribution in [-0.4, -0.2) is 53.5 Å². The molecule has 0 unspecified atom stereocenters. The van der Waals surface area contributed by atoms with Crippen molar-refractivity contribution in [2.45, 2.75) is 32.1 Å². The van der Waals surface area contributed by atoms with Gasteiger partial charge in [0.1, 0.15) is 18.0 Å². The summed E-state index contributed by atoms with van der Waals surface area (Å²) in [4.78, 5) is 26.2. The van der Waals surface area contributed by atoms with Gasteiger partial charge in [-0.15, -0.1) is 24.8 Å². The van der Waals surface area contributed by atoms with Gasteiger partial charge >= 0.3 is 0 Å². The summed E-state index contributed by atoms with van der Waals surface area (Å²) in [6, 6.07) is 4.65. The number of carbonyl (C=O) groups excluding carboxylic acids is 1. The second-order valence-electron chi connectivity index (χ2n) is 8.19. The van der Waals surface area contributed by atoms with Crippen LogP contribution in [0.5, 0.6) is 0 Å². The minimum absolute atomic E-state index is 0. The largest absolute Gasteiger partial charge is 0.353 e. The van der Waals surface area contributed by atoms with E-state index in [1.54, 1.807) is 12.4 Å². The van der Waals surface area contributed by atoms with Crippen molar-refractivity contribution in [3.8, 4) is 0 Å². The first-order valence-electron chi connectivity index (χ1n) is 10.5. The summed E-state index contributed by atoms with van der Waals surface area (Å²) >= 11 is 5.76. The molecular weight excluding hydrogens is 476 g/mol. The van der Waals surface area contributed by atoms with Gasteiger partial charge in [-0.05, 0) is 42.9 Å². The van der Waals surface area contributed by atoms with E-state index >= 15 is 0 Å². The number of amides is 1. The molecule has 2 aromatic rings. The van der Waals surface area contributed by atoms with E-state index in [-0.39, 0.29) is 48.2 Å². The van der Waals surface area contributed by atoms with Gasteiger partial charge < -0.3 is 15.5 Å². The van der Waals surface area contributed by atoms with Crippen LogP contribution < -0.4 is 10.6 Å². The number of nitrogens with zero attached hydrogens (tertiary/aromatic N) is 4. The van der Waals surface area contributed by atoms with E-state index in [0.717, 1.165) is 43.0 Å². The van der Waals surface area contributed by atoms with Gasteiger partial charge in [0, 0.05) is 44.0 Å². The molecule has 2 N–H and O–H groups in total. The summed E-state index contributed by atoms with van der Waals surface area (Å²) in [5.74, 6) is 0.660. The van der Waals surface area contributed by atoms with Gasteiger partial charge in [0.05, 0.1) is 10.9 Å². The van der Waals surface area contributed by atoms with Gasteiger partial charge in [-0.1, -0.05) is 24.6 Å². The standard InChI is InChI=1S/C22H27ClFN5O.2ClH/c1-14-2-5-19-20(14)21(27-13-26-19)28-6-8-29(9-7-28)22(30)16(12-25)10-15-3-4-17(23)18(24)11-15;;/h3-4,11,13-14,16H,2,5-10,12,25H2,1H3;2*1H/t14-,16+;;/m1../s1. The number of piperazine rings is 1. The van der Waals surface area contributed by atoms with Crippen LogP contribution in [0, 0.1) is 11.7 Å². The number of fused-ring (bicyclic) bond motifs is 1. The number of carbonyl (C=O) groups is 1. The van der Waals surface area contributed by atoms with E-state index in [2.05, 4.69) is 21.8 Å². The van der Waals surface area contributed by atoms with Crippen molar-refractivity contribution in [3.63, 3.8) is 0 Å². The van der Waals surface area contributed by atoms with Crippen molar-refractivity contribution >= 4 is 48.1 Å². The predicted molar refractivity (Wildman–Crippen MR) is 130 cm³/mol. The molecule has 1 aliphatic heterocycles. The molecule has 10 heteroatoms. The van der Waals surface area contributed by atoms with E-state index in [4.69, 9.17) is 17.3 Å². The van der Waals surface area contributed by atoms with Crippen molar-refractivity contribution in [3.05, 3.63) is 52.2 Å². The maximum absolute atomic E-state index is 13.7. The molecule has 1 aliphatic carbocycles. The molecule has 2 atom stereocenters. The second kappa shape index (κ2) is 11.5. The molecule has 32 heavy (non-hydrogen) atoms. The number of aryl methyl sites for hydroxylation is 1. The highest BCUT2D eigenvalue weighted by Gasteiger charge is 2.31. The zero-order valence-electron chi connectivity index (χ0n) is 18.0. The molecule has 2 aliphatic rings. The zero-order chi connectivity index (χ0) is 21.3. The lowest BCUT2D eigenvalue weighted by Crippen LogP contribution is -2.52. The van der Waals surface area contributed by atoms with Crippen LogP contribution in [0.2, 0.25) is 5.02 Å². The van der Waals surface area contributed by atoms with Gasteiger partial charge in [-0.3, -0.25) is 4.79 Å². The van der Waals surface area contributed by atoms with Crippen LogP contribution in [0.15, 0.2) is 24.5 Å². The first-order chi connectivity index (χ1) is 14.5. The molecule has 2 heterocycles. The van der Waals surface area contributed by atoms with Gasteiger partial charge in [0.15, 0.2) is 0 Å². The third-order valence-corrected chi connectivity index (χ3v) is 6.55. The third kappa shape index (κ3) is 5.45. The Hall–Kier alpha value is -1.67. The molecule has 1 saturated heterocycles. The van der Waals surface area contributed by atoms with Gasteiger partial charge in [-0.2, -0.15) is 0 Å². The fourth-order valence-corrected chi connectivity index (χ4v) is 4.61. The highest BCUT2D eigenvalue weighted by atomic mass is 35.5. The molecule has 1 aromatic heterocycles. The Morgan fingerprint density at radius 1 is 1.25 bits per heavy atom. The van der Waals surface area contributed by atoms with Crippen LogP contribution in [0.1, 0.15) is 36.1 Å². The van der Waals surface area contributed by atoms with E-state index < -0.39 is 5.82 Å². The Balaban J connectivity index is 0.00000181. The first-order valence-corrected chi connectivity index (χ1v) is 10.9. The number of rotatable bonds is 5. The normalized spacial score (nSPS) is 18.4. The van der Waals surface area contributed by atoms with Crippen LogP contribution >= 0.6 is 36.4 Å². The van der Waals surface area contributed by atoms with Gasteiger partial charge in [0.2, 0.25) is 5.91 Å². The second-order valence-corrected chi connectivity index (χ2v) is 8.60. The average molecular weight is 505 g/mol. The van der Waals surface area contributed by atoms with E-state index in [1.165, 1.54) is 17.7 Å². The van der Waals surface area contributed by atoms with Gasteiger partial charge in [-0.25, -0.2) is 14.4 Å². The molecule has 0 spiro atoms. The highest BCUT2D eigenvalue weighted by molar-refractivity contribution is 6.30. The Bertz CT molecular complexity index is 940. The number of aromatic nitrogens is 2. The van der Waals surface area contributed by atoms with Crippen molar-refractivity contribution in [2.75, 3.05) is 37.6 Å². The minimum Gasteiger partial charge on any atom is -0.353 e. The summed E-state index contributed by atoms with van der Waals surface area (Å²) in [6.45, 7) is 5.16. The fraction of sp³-hybridized carbons (Fsp3) is 0.500. The lowest BCUT2D eigenvalue weighted by molar-refractivity contribution is -0.135. The Labute approximate surface area is 205 Å². The summed E-state index contributed by atoms with van der Waals surface area (Å²) in [7, 11) is 0. The van der Waals surface area contributed by atoms with Crippen molar-refractivity contribution in [1.82, 2.24) is 14.9 Å². The van der Waals surface area contributed by atoms with E-state index in [0.29, 0.717) is 25.4 Å². The number of halogens is 4.